The molecule has 2 aromatic carbocycles. The van der Waals surface area contributed by atoms with Crippen LogP contribution in [0.1, 0.15) is 27.7 Å². The zero-order valence-electron chi connectivity index (χ0n) is 16.0. The summed E-state index contributed by atoms with van der Waals surface area (Å²) in [7, 11) is 0. The molecule has 0 aliphatic carbocycles. The summed E-state index contributed by atoms with van der Waals surface area (Å²) in [5, 5.41) is 4.85. The summed E-state index contributed by atoms with van der Waals surface area (Å²) in [5.41, 5.74) is 2.66. The topological polar surface area (TPSA) is 56.8 Å². The summed E-state index contributed by atoms with van der Waals surface area (Å²) < 4.78 is 17.0. The van der Waals surface area contributed by atoms with E-state index in [9.17, 15) is 4.79 Å². The average molecular weight is 407 g/mol. The normalized spacial score (nSPS) is 12.7. The van der Waals surface area contributed by atoms with Crippen molar-refractivity contribution in [1.29, 1.82) is 0 Å². The van der Waals surface area contributed by atoms with Gasteiger partial charge >= 0.3 is 0 Å². The van der Waals surface area contributed by atoms with Crippen molar-refractivity contribution < 1.29 is 19.0 Å². The summed E-state index contributed by atoms with van der Waals surface area (Å²) in [5.74, 6) is 2.00. The smallest absolute Gasteiger partial charge is 0.265 e. The Bertz CT molecular complexity index is 1040. The lowest BCUT2D eigenvalue weighted by atomic mass is 10.2. The number of hydrogen-bond acceptors (Lipinski definition) is 5. The van der Waals surface area contributed by atoms with Crippen LogP contribution in [-0.4, -0.2) is 19.1 Å². The van der Waals surface area contributed by atoms with Gasteiger partial charge in [0.05, 0.1) is 4.88 Å². The van der Waals surface area contributed by atoms with Crippen LogP contribution in [-0.2, 0) is 6.61 Å². The predicted molar refractivity (Wildman–Crippen MR) is 115 cm³/mol. The molecule has 29 heavy (non-hydrogen) atoms. The number of amides is 1. The Balaban J connectivity index is 1.39. The number of hydrogen-bond donors (Lipinski definition) is 1. The molecule has 0 spiro atoms. The molecule has 5 nitrogen and oxygen atoms in total. The highest BCUT2D eigenvalue weighted by molar-refractivity contribution is 7.12. The molecular formula is C23H21NO4S. The molecule has 2 heterocycles. The summed E-state index contributed by atoms with van der Waals surface area (Å²) in [4.78, 5) is 13.2. The Morgan fingerprint density at radius 3 is 2.83 bits per heavy atom. The minimum Gasteiger partial charge on any atom is -0.488 e. The monoisotopic (exact) mass is 407 g/mol. The zero-order chi connectivity index (χ0) is 20.1. The van der Waals surface area contributed by atoms with Crippen molar-refractivity contribution in [2.75, 3.05) is 18.5 Å². The second-order valence-corrected chi connectivity index (χ2v) is 7.37. The van der Waals surface area contributed by atoms with E-state index in [1.165, 1.54) is 11.3 Å². The Labute approximate surface area is 173 Å². The highest BCUT2D eigenvalue weighted by atomic mass is 32.1. The van der Waals surface area contributed by atoms with Crippen molar-refractivity contribution in [3.8, 4) is 17.2 Å². The second-order valence-electron chi connectivity index (χ2n) is 6.46. The Kier molecular flexibility index (Phi) is 5.81. The Morgan fingerprint density at radius 2 is 1.97 bits per heavy atom. The molecule has 0 fully saturated rings. The van der Waals surface area contributed by atoms with E-state index in [0.717, 1.165) is 16.9 Å². The number of allylic oxidation sites excluding steroid dienone is 1. The third kappa shape index (κ3) is 4.60. The minimum absolute atomic E-state index is 0.160. The molecule has 0 atom stereocenters. The first kappa shape index (κ1) is 19.1. The van der Waals surface area contributed by atoms with Gasteiger partial charge in [-0.2, -0.15) is 0 Å². The Hall–Kier alpha value is -3.25. The van der Waals surface area contributed by atoms with E-state index in [1.54, 1.807) is 18.2 Å². The van der Waals surface area contributed by atoms with Crippen LogP contribution in [0.3, 0.4) is 0 Å². The van der Waals surface area contributed by atoms with Gasteiger partial charge in [-0.05, 0) is 36.6 Å². The fraction of sp³-hybridized carbons (Fsp3) is 0.174. The molecule has 4 rings (SSSR count). The van der Waals surface area contributed by atoms with Gasteiger partial charge in [-0.25, -0.2) is 0 Å². The van der Waals surface area contributed by atoms with Crippen LogP contribution < -0.4 is 19.5 Å². The molecule has 1 N–H and O–H groups in total. The first-order valence-electron chi connectivity index (χ1n) is 9.36. The molecule has 1 amide bonds. The maximum Gasteiger partial charge on any atom is 0.265 e. The van der Waals surface area contributed by atoms with Crippen molar-refractivity contribution in [3.63, 3.8) is 0 Å². The van der Waals surface area contributed by atoms with E-state index in [1.807, 2.05) is 54.8 Å². The maximum atomic E-state index is 12.6. The number of carbonyl (C=O) groups excluding carboxylic acids is 1. The maximum absolute atomic E-state index is 12.6. The van der Waals surface area contributed by atoms with Crippen molar-refractivity contribution in [2.45, 2.75) is 13.5 Å². The highest BCUT2D eigenvalue weighted by Crippen LogP contribution is 2.33. The fourth-order valence-electron chi connectivity index (χ4n) is 2.97. The van der Waals surface area contributed by atoms with Gasteiger partial charge in [-0.1, -0.05) is 30.4 Å². The van der Waals surface area contributed by atoms with Crippen molar-refractivity contribution in [2.24, 2.45) is 0 Å². The van der Waals surface area contributed by atoms with Crippen molar-refractivity contribution in [1.82, 2.24) is 0 Å². The van der Waals surface area contributed by atoms with Gasteiger partial charge in [0, 0.05) is 22.9 Å². The number of thiophene rings is 1. The van der Waals surface area contributed by atoms with E-state index in [0.29, 0.717) is 41.9 Å². The van der Waals surface area contributed by atoms with E-state index in [4.69, 9.17) is 14.2 Å². The lowest BCUT2D eigenvalue weighted by Gasteiger charge is -2.18. The molecule has 0 unspecified atom stereocenters. The average Bonchev–Trinajstić information content (AvgIpc) is 3.22. The van der Waals surface area contributed by atoms with E-state index in [-0.39, 0.29) is 5.91 Å². The van der Waals surface area contributed by atoms with Gasteiger partial charge in [-0.3, -0.25) is 4.79 Å². The third-order valence-electron chi connectivity index (χ3n) is 4.34. The first-order chi connectivity index (χ1) is 14.2. The van der Waals surface area contributed by atoms with Gasteiger partial charge in [0.25, 0.3) is 5.91 Å². The molecule has 0 bridgehead atoms. The fourth-order valence-corrected chi connectivity index (χ4v) is 3.77. The number of nitrogens with one attached hydrogen (secondary N) is 1. The third-order valence-corrected chi connectivity index (χ3v) is 5.31. The van der Waals surface area contributed by atoms with Crippen LogP contribution in [0.4, 0.5) is 5.69 Å². The number of carbonyl (C=O) groups is 1. The summed E-state index contributed by atoms with van der Waals surface area (Å²) >= 11 is 1.39. The quantitative estimate of drug-likeness (QED) is 0.596. The molecule has 3 aromatic rings. The molecule has 0 radical (unpaired) electrons. The number of ether oxygens (including phenoxy) is 3. The number of fused-ring (bicyclic) bond motifs is 1. The number of benzene rings is 2. The molecule has 0 saturated carbocycles. The van der Waals surface area contributed by atoms with E-state index in [2.05, 4.69) is 5.32 Å². The predicted octanol–water partition coefficient (Wildman–Crippen LogP) is 5.38. The van der Waals surface area contributed by atoms with Crippen LogP contribution in [0.25, 0.3) is 6.08 Å². The van der Waals surface area contributed by atoms with Crippen LogP contribution >= 0.6 is 11.3 Å². The van der Waals surface area contributed by atoms with E-state index >= 15 is 0 Å². The van der Waals surface area contributed by atoms with Crippen LogP contribution in [0.5, 0.6) is 17.2 Å². The summed E-state index contributed by atoms with van der Waals surface area (Å²) in [6.07, 6.45) is 3.99. The molecule has 1 aromatic heterocycles. The molecule has 0 saturated heterocycles. The minimum atomic E-state index is -0.160. The van der Waals surface area contributed by atoms with Gasteiger partial charge in [0.2, 0.25) is 0 Å². The molecule has 148 valence electrons. The molecule has 1 aliphatic rings. The number of anilines is 1. The Morgan fingerprint density at radius 1 is 1.14 bits per heavy atom. The van der Waals surface area contributed by atoms with Gasteiger partial charge in [0.15, 0.2) is 11.5 Å². The first-order valence-corrected chi connectivity index (χ1v) is 10.2. The standard InChI is InChI=1S/C23H21NO4S/c1-2-5-17-6-3-4-7-19(17)28-14-16-12-22(29-15-16)23(25)24-18-8-9-20-21(13-18)27-11-10-26-20/h2-9,12-13,15H,10-11,14H2,1H3,(H,24,25)/b5-2+. The molecule has 1 aliphatic heterocycles. The highest BCUT2D eigenvalue weighted by Gasteiger charge is 2.14. The van der Waals surface area contributed by atoms with Gasteiger partial charge in [-0.15, -0.1) is 11.3 Å². The summed E-state index contributed by atoms with van der Waals surface area (Å²) in [6, 6.07) is 15.1. The lowest BCUT2D eigenvalue weighted by molar-refractivity contribution is 0.103. The zero-order valence-corrected chi connectivity index (χ0v) is 16.8. The largest absolute Gasteiger partial charge is 0.488 e. The van der Waals surface area contributed by atoms with Crippen LogP contribution in [0.15, 0.2) is 60.0 Å². The lowest BCUT2D eigenvalue weighted by Crippen LogP contribution is -2.16. The SMILES string of the molecule is C/C=C/c1ccccc1OCc1csc(C(=O)Nc2ccc3c(c2)OCCO3)c1. The second kappa shape index (κ2) is 8.84. The van der Waals surface area contributed by atoms with Crippen LogP contribution in [0, 0.1) is 0 Å². The molecular weight excluding hydrogens is 386 g/mol. The van der Waals surface area contributed by atoms with E-state index < -0.39 is 0 Å². The summed E-state index contributed by atoms with van der Waals surface area (Å²) in [6.45, 7) is 3.43. The van der Waals surface area contributed by atoms with Crippen molar-refractivity contribution >= 4 is 29.0 Å². The van der Waals surface area contributed by atoms with Gasteiger partial charge < -0.3 is 19.5 Å². The number of rotatable bonds is 6. The molecule has 6 heteroatoms. The van der Waals surface area contributed by atoms with Crippen LogP contribution in [0.2, 0.25) is 0 Å². The van der Waals surface area contributed by atoms with Crippen molar-refractivity contribution in [3.05, 3.63) is 76.0 Å². The number of para-hydroxylation sites is 1. The van der Waals surface area contributed by atoms with Gasteiger partial charge in [0.1, 0.15) is 25.6 Å².